The zero-order chi connectivity index (χ0) is 18.0. The van der Waals surface area contributed by atoms with Gasteiger partial charge in [0.2, 0.25) is 5.91 Å². The van der Waals surface area contributed by atoms with Crippen LogP contribution in [0.4, 0.5) is 0 Å². The van der Waals surface area contributed by atoms with E-state index in [1.807, 2.05) is 0 Å². The van der Waals surface area contributed by atoms with E-state index >= 15 is 0 Å². The lowest BCUT2D eigenvalue weighted by molar-refractivity contribution is -0.121. The molecule has 0 bridgehead atoms. The number of thiophene rings is 1. The van der Waals surface area contributed by atoms with Crippen LogP contribution in [0.3, 0.4) is 0 Å². The fraction of sp³-hybridized carbons (Fsp3) is 0.611. The lowest BCUT2D eigenvalue weighted by Crippen LogP contribution is -2.35. The van der Waals surface area contributed by atoms with E-state index in [0.717, 1.165) is 42.6 Å². The Kier molecular flexibility index (Phi) is 5.54. The second-order valence-electron chi connectivity index (χ2n) is 6.44. The van der Waals surface area contributed by atoms with Gasteiger partial charge in [0.05, 0.1) is 11.9 Å². The number of amides is 1. The molecule has 1 amide bonds. The highest BCUT2D eigenvalue weighted by atomic mass is 32.1. The highest BCUT2D eigenvalue weighted by molar-refractivity contribution is 7.18. The molecule has 1 aliphatic rings. The van der Waals surface area contributed by atoms with Crippen molar-refractivity contribution in [2.24, 2.45) is 0 Å². The van der Waals surface area contributed by atoms with Gasteiger partial charge in [0.15, 0.2) is 0 Å². The maximum Gasteiger partial charge on any atom is 0.263 e. The Bertz CT molecular complexity index is 836. The summed E-state index contributed by atoms with van der Waals surface area (Å²) in [5.41, 5.74) is 1.11. The number of aromatic nitrogens is 2. The Hall–Kier alpha value is -1.73. The van der Waals surface area contributed by atoms with Gasteiger partial charge in [-0.05, 0) is 44.3 Å². The predicted molar refractivity (Wildman–Crippen MR) is 101 cm³/mol. The molecule has 0 atom stereocenters. The third-order valence-electron chi connectivity index (χ3n) is 4.99. The van der Waals surface area contributed by atoms with Crippen LogP contribution in [0.5, 0.6) is 0 Å². The SMILES string of the molecule is CCN(CC)Cc1nc2sc3c(c2c(=O)n1CC(=O)NC)CCCC3. The maximum absolute atomic E-state index is 13.2. The van der Waals surface area contributed by atoms with Crippen molar-refractivity contribution in [3.63, 3.8) is 0 Å². The topological polar surface area (TPSA) is 67.2 Å². The molecule has 0 saturated carbocycles. The molecule has 3 rings (SSSR count). The number of carbonyl (C=O) groups excluding carboxylic acids is 1. The van der Waals surface area contributed by atoms with Gasteiger partial charge in [0.1, 0.15) is 17.2 Å². The summed E-state index contributed by atoms with van der Waals surface area (Å²) in [6.45, 7) is 6.55. The molecule has 25 heavy (non-hydrogen) atoms. The second-order valence-corrected chi connectivity index (χ2v) is 7.53. The summed E-state index contributed by atoms with van der Waals surface area (Å²) in [4.78, 5) is 34.4. The van der Waals surface area contributed by atoms with Gasteiger partial charge in [-0.2, -0.15) is 0 Å². The van der Waals surface area contributed by atoms with Gasteiger partial charge in [-0.3, -0.25) is 19.1 Å². The van der Waals surface area contributed by atoms with Crippen LogP contribution in [-0.2, 0) is 30.7 Å². The summed E-state index contributed by atoms with van der Waals surface area (Å²) >= 11 is 1.66. The minimum Gasteiger partial charge on any atom is -0.358 e. The number of aryl methyl sites for hydroxylation is 2. The van der Waals surface area contributed by atoms with E-state index in [1.165, 1.54) is 16.9 Å². The zero-order valence-corrected chi connectivity index (χ0v) is 16.0. The fourth-order valence-electron chi connectivity index (χ4n) is 3.43. The van der Waals surface area contributed by atoms with Gasteiger partial charge in [-0.1, -0.05) is 13.8 Å². The van der Waals surface area contributed by atoms with Crippen LogP contribution < -0.4 is 10.9 Å². The van der Waals surface area contributed by atoms with E-state index in [-0.39, 0.29) is 18.0 Å². The average Bonchev–Trinajstić information content (AvgIpc) is 3.00. The standard InChI is InChI=1S/C18H26N4O2S/c1-4-21(5-2)10-14-20-17-16(12-8-6-7-9-13(12)25-17)18(24)22(14)11-15(23)19-3/h4-11H2,1-3H3,(H,19,23). The van der Waals surface area contributed by atoms with Crippen molar-refractivity contribution in [3.8, 4) is 0 Å². The molecule has 1 N–H and O–H groups in total. The molecule has 2 aromatic rings. The molecule has 0 spiro atoms. The van der Waals surface area contributed by atoms with Crippen molar-refractivity contribution in [1.82, 2.24) is 19.8 Å². The Balaban J connectivity index is 2.16. The van der Waals surface area contributed by atoms with E-state index in [1.54, 1.807) is 23.0 Å². The van der Waals surface area contributed by atoms with Crippen molar-refractivity contribution < 1.29 is 4.79 Å². The van der Waals surface area contributed by atoms with E-state index in [0.29, 0.717) is 12.4 Å². The van der Waals surface area contributed by atoms with Crippen LogP contribution in [0.25, 0.3) is 10.2 Å². The van der Waals surface area contributed by atoms with Crippen molar-refractivity contribution >= 4 is 27.5 Å². The van der Waals surface area contributed by atoms with Crippen molar-refractivity contribution in [2.45, 2.75) is 52.6 Å². The number of likely N-dealkylation sites (N-methyl/N-ethyl adjacent to an activating group) is 1. The molecule has 2 aromatic heterocycles. The summed E-state index contributed by atoms with van der Waals surface area (Å²) < 4.78 is 1.57. The smallest absolute Gasteiger partial charge is 0.263 e. The number of carbonyl (C=O) groups is 1. The quantitative estimate of drug-likeness (QED) is 0.853. The summed E-state index contributed by atoms with van der Waals surface area (Å²) in [5, 5.41) is 3.36. The number of nitrogens with zero attached hydrogens (tertiary/aromatic N) is 3. The van der Waals surface area contributed by atoms with Crippen LogP contribution in [-0.4, -0.2) is 40.5 Å². The first-order chi connectivity index (χ1) is 12.1. The minimum atomic E-state index is -0.173. The minimum absolute atomic E-state index is 0.0273. The summed E-state index contributed by atoms with van der Waals surface area (Å²) in [6.07, 6.45) is 4.28. The molecule has 0 aromatic carbocycles. The molecule has 7 heteroatoms. The maximum atomic E-state index is 13.2. The fourth-order valence-corrected chi connectivity index (χ4v) is 4.70. The first kappa shape index (κ1) is 18.1. The molecular formula is C18H26N4O2S. The Labute approximate surface area is 151 Å². The lowest BCUT2D eigenvalue weighted by Gasteiger charge is -2.20. The Morgan fingerprint density at radius 3 is 2.68 bits per heavy atom. The van der Waals surface area contributed by atoms with Crippen LogP contribution in [0, 0.1) is 0 Å². The molecular weight excluding hydrogens is 336 g/mol. The van der Waals surface area contributed by atoms with Gasteiger partial charge in [-0.15, -0.1) is 11.3 Å². The van der Waals surface area contributed by atoms with Gasteiger partial charge >= 0.3 is 0 Å². The highest BCUT2D eigenvalue weighted by Gasteiger charge is 2.23. The molecule has 0 unspecified atom stereocenters. The molecule has 136 valence electrons. The van der Waals surface area contributed by atoms with Gasteiger partial charge in [0, 0.05) is 11.9 Å². The summed E-state index contributed by atoms with van der Waals surface area (Å²) in [7, 11) is 1.59. The van der Waals surface area contributed by atoms with Gasteiger partial charge < -0.3 is 5.32 Å². The van der Waals surface area contributed by atoms with Crippen molar-refractivity contribution in [3.05, 3.63) is 26.6 Å². The Morgan fingerprint density at radius 1 is 1.28 bits per heavy atom. The van der Waals surface area contributed by atoms with Crippen LogP contribution >= 0.6 is 11.3 Å². The molecule has 0 radical (unpaired) electrons. The molecule has 0 saturated heterocycles. The first-order valence-corrected chi connectivity index (χ1v) is 9.87. The third-order valence-corrected chi connectivity index (χ3v) is 6.18. The first-order valence-electron chi connectivity index (χ1n) is 9.05. The van der Waals surface area contributed by atoms with E-state index in [4.69, 9.17) is 4.98 Å². The number of hydrogen-bond acceptors (Lipinski definition) is 5. The summed E-state index contributed by atoms with van der Waals surface area (Å²) in [6, 6.07) is 0. The normalized spacial score (nSPS) is 14.1. The largest absolute Gasteiger partial charge is 0.358 e. The molecule has 0 aliphatic heterocycles. The van der Waals surface area contributed by atoms with Crippen LogP contribution in [0.1, 0.15) is 43.0 Å². The number of rotatable bonds is 6. The van der Waals surface area contributed by atoms with Crippen molar-refractivity contribution in [1.29, 1.82) is 0 Å². The number of nitrogens with one attached hydrogen (secondary N) is 1. The van der Waals surface area contributed by atoms with Gasteiger partial charge in [-0.25, -0.2) is 4.98 Å². The Morgan fingerprint density at radius 2 is 2.00 bits per heavy atom. The van der Waals surface area contributed by atoms with Gasteiger partial charge in [0.25, 0.3) is 5.56 Å². The second kappa shape index (κ2) is 7.66. The molecule has 6 nitrogen and oxygen atoms in total. The number of hydrogen-bond donors (Lipinski definition) is 1. The highest BCUT2D eigenvalue weighted by Crippen LogP contribution is 2.33. The summed E-state index contributed by atoms with van der Waals surface area (Å²) in [5.74, 6) is 0.511. The van der Waals surface area contributed by atoms with E-state index in [9.17, 15) is 9.59 Å². The van der Waals surface area contributed by atoms with E-state index in [2.05, 4.69) is 24.1 Å². The van der Waals surface area contributed by atoms with E-state index < -0.39 is 0 Å². The molecule has 1 aliphatic carbocycles. The predicted octanol–water partition coefficient (Wildman–Crippen LogP) is 1.92. The zero-order valence-electron chi connectivity index (χ0n) is 15.2. The monoisotopic (exact) mass is 362 g/mol. The third kappa shape index (κ3) is 3.48. The lowest BCUT2D eigenvalue weighted by atomic mass is 9.97. The average molecular weight is 362 g/mol. The van der Waals surface area contributed by atoms with Crippen molar-refractivity contribution in [2.75, 3.05) is 20.1 Å². The number of fused-ring (bicyclic) bond motifs is 3. The molecule has 0 fully saturated rings. The molecule has 2 heterocycles. The van der Waals surface area contributed by atoms with Crippen LogP contribution in [0.15, 0.2) is 4.79 Å². The van der Waals surface area contributed by atoms with Crippen LogP contribution in [0.2, 0.25) is 0 Å².